The Hall–Kier alpha value is -1.51. The zero-order valence-corrected chi connectivity index (χ0v) is 7.99. The third kappa shape index (κ3) is 2.25. The lowest BCUT2D eigenvalue weighted by atomic mass is 9.93. The number of para-hydroxylation sites is 1. The maximum Gasteiger partial charge on any atom is 0.319 e. The molecule has 1 aliphatic rings. The summed E-state index contributed by atoms with van der Waals surface area (Å²) < 4.78 is 0. The van der Waals surface area contributed by atoms with Gasteiger partial charge in [0.05, 0.1) is 0 Å². The van der Waals surface area contributed by atoms with Gasteiger partial charge in [0.2, 0.25) is 0 Å². The van der Waals surface area contributed by atoms with E-state index in [0.29, 0.717) is 6.04 Å². The highest BCUT2D eigenvalue weighted by atomic mass is 16.2. The number of nitrogens with one attached hydrogen (secondary N) is 2. The van der Waals surface area contributed by atoms with Crippen LogP contribution in [0.5, 0.6) is 0 Å². The van der Waals surface area contributed by atoms with E-state index in [-0.39, 0.29) is 6.03 Å². The van der Waals surface area contributed by atoms with Gasteiger partial charge < -0.3 is 10.6 Å². The fraction of sp³-hybridized carbons (Fsp3) is 0.364. The minimum Gasteiger partial charge on any atom is -0.335 e. The molecule has 2 rings (SSSR count). The number of hydrogen-bond donors (Lipinski definition) is 2. The summed E-state index contributed by atoms with van der Waals surface area (Å²) >= 11 is 0. The van der Waals surface area contributed by atoms with Crippen LogP contribution in [0.3, 0.4) is 0 Å². The molecule has 1 aliphatic carbocycles. The van der Waals surface area contributed by atoms with E-state index in [9.17, 15) is 4.79 Å². The summed E-state index contributed by atoms with van der Waals surface area (Å²) in [5.74, 6) is 0. The topological polar surface area (TPSA) is 41.1 Å². The molecule has 0 bridgehead atoms. The summed E-state index contributed by atoms with van der Waals surface area (Å²) in [6.45, 7) is 0. The van der Waals surface area contributed by atoms with Crippen LogP contribution in [0.25, 0.3) is 0 Å². The molecular weight excluding hydrogens is 176 g/mol. The first-order valence-electron chi connectivity index (χ1n) is 4.97. The van der Waals surface area contributed by atoms with Crippen molar-refractivity contribution in [3.05, 3.63) is 30.3 Å². The number of carbonyl (C=O) groups is 1. The summed E-state index contributed by atoms with van der Waals surface area (Å²) in [5, 5.41) is 5.71. The van der Waals surface area contributed by atoms with Crippen LogP contribution in [-0.2, 0) is 0 Å². The molecule has 0 saturated heterocycles. The third-order valence-electron chi connectivity index (χ3n) is 2.47. The van der Waals surface area contributed by atoms with Gasteiger partial charge in [0.25, 0.3) is 0 Å². The van der Waals surface area contributed by atoms with E-state index < -0.39 is 0 Å². The van der Waals surface area contributed by atoms with E-state index >= 15 is 0 Å². The number of urea groups is 1. The molecule has 0 atom stereocenters. The van der Waals surface area contributed by atoms with E-state index in [1.165, 1.54) is 6.42 Å². The van der Waals surface area contributed by atoms with Crippen LogP contribution >= 0.6 is 0 Å². The molecule has 3 heteroatoms. The molecular formula is C11H14N2O. The zero-order chi connectivity index (χ0) is 9.80. The maximum absolute atomic E-state index is 11.4. The van der Waals surface area contributed by atoms with Crippen molar-refractivity contribution >= 4 is 11.7 Å². The van der Waals surface area contributed by atoms with E-state index in [0.717, 1.165) is 18.5 Å². The minimum atomic E-state index is -0.0964. The van der Waals surface area contributed by atoms with Gasteiger partial charge in [-0.25, -0.2) is 4.79 Å². The fourth-order valence-corrected chi connectivity index (χ4v) is 1.43. The first kappa shape index (κ1) is 9.06. The first-order chi connectivity index (χ1) is 6.84. The SMILES string of the molecule is O=C(Nc1ccccc1)NC1CCC1. The lowest BCUT2D eigenvalue weighted by molar-refractivity contribution is 0.240. The van der Waals surface area contributed by atoms with Gasteiger partial charge in [-0.3, -0.25) is 0 Å². The van der Waals surface area contributed by atoms with Crippen molar-refractivity contribution in [3.8, 4) is 0 Å². The molecule has 3 nitrogen and oxygen atoms in total. The van der Waals surface area contributed by atoms with Crippen molar-refractivity contribution in [1.29, 1.82) is 0 Å². The maximum atomic E-state index is 11.4. The van der Waals surface area contributed by atoms with E-state index in [1.54, 1.807) is 0 Å². The second-order valence-electron chi connectivity index (χ2n) is 3.59. The molecule has 74 valence electrons. The molecule has 1 aromatic carbocycles. The van der Waals surface area contributed by atoms with Crippen LogP contribution in [0, 0.1) is 0 Å². The Bertz CT molecular complexity index is 306. The number of anilines is 1. The fourth-order valence-electron chi connectivity index (χ4n) is 1.43. The van der Waals surface area contributed by atoms with Gasteiger partial charge in [-0.2, -0.15) is 0 Å². The second kappa shape index (κ2) is 4.13. The number of benzene rings is 1. The van der Waals surface area contributed by atoms with Crippen molar-refractivity contribution in [2.45, 2.75) is 25.3 Å². The molecule has 0 spiro atoms. The molecule has 1 aromatic rings. The van der Waals surface area contributed by atoms with Gasteiger partial charge in [0.15, 0.2) is 0 Å². The highest BCUT2D eigenvalue weighted by Crippen LogP contribution is 2.18. The van der Waals surface area contributed by atoms with Crippen molar-refractivity contribution in [2.75, 3.05) is 5.32 Å². The summed E-state index contributed by atoms with van der Waals surface area (Å²) in [6, 6.07) is 9.77. The van der Waals surface area contributed by atoms with Gasteiger partial charge in [-0.05, 0) is 31.4 Å². The van der Waals surface area contributed by atoms with Crippen molar-refractivity contribution in [1.82, 2.24) is 5.32 Å². The van der Waals surface area contributed by atoms with Crippen LogP contribution in [0.15, 0.2) is 30.3 Å². The van der Waals surface area contributed by atoms with Gasteiger partial charge in [0, 0.05) is 11.7 Å². The molecule has 0 unspecified atom stereocenters. The Labute approximate surface area is 83.5 Å². The largest absolute Gasteiger partial charge is 0.335 e. The van der Waals surface area contributed by atoms with Crippen LogP contribution < -0.4 is 10.6 Å². The van der Waals surface area contributed by atoms with E-state index in [2.05, 4.69) is 10.6 Å². The Morgan fingerprint density at radius 3 is 2.50 bits per heavy atom. The zero-order valence-electron chi connectivity index (χ0n) is 7.99. The predicted octanol–water partition coefficient (Wildman–Crippen LogP) is 2.36. The molecule has 0 aliphatic heterocycles. The van der Waals surface area contributed by atoms with Gasteiger partial charge in [-0.15, -0.1) is 0 Å². The average molecular weight is 190 g/mol. The highest BCUT2D eigenvalue weighted by Gasteiger charge is 2.18. The molecule has 1 saturated carbocycles. The Kier molecular flexibility index (Phi) is 2.68. The Morgan fingerprint density at radius 1 is 1.21 bits per heavy atom. The van der Waals surface area contributed by atoms with Crippen molar-refractivity contribution in [2.24, 2.45) is 0 Å². The van der Waals surface area contributed by atoms with Gasteiger partial charge in [0.1, 0.15) is 0 Å². The Morgan fingerprint density at radius 2 is 1.93 bits per heavy atom. The van der Waals surface area contributed by atoms with E-state index in [1.807, 2.05) is 30.3 Å². The van der Waals surface area contributed by atoms with Crippen LogP contribution in [0.4, 0.5) is 10.5 Å². The quantitative estimate of drug-likeness (QED) is 0.738. The number of amides is 2. The number of carbonyl (C=O) groups excluding carboxylic acids is 1. The summed E-state index contributed by atoms with van der Waals surface area (Å²) in [7, 11) is 0. The molecule has 1 fully saturated rings. The van der Waals surface area contributed by atoms with Gasteiger partial charge >= 0.3 is 6.03 Å². The monoisotopic (exact) mass is 190 g/mol. The highest BCUT2D eigenvalue weighted by molar-refractivity contribution is 5.89. The smallest absolute Gasteiger partial charge is 0.319 e. The second-order valence-corrected chi connectivity index (χ2v) is 3.59. The molecule has 2 N–H and O–H groups in total. The van der Waals surface area contributed by atoms with Crippen LogP contribution in [0.1, 0.15) is 19.3 Å². The number of hydrogen-bond acceptors (Lipinski definition) is 1. The average Bonchev–Trinajstić information content (AvgIpc) is 2.13. The summed E-state index contributed by atoms with van der Waals surface area (Å²) in [5.41, 5.74) is 0.837. The normalized spacial score (nSPS) is 15.7. The Balaban J connectivity index is 1.82. The lowest BCUT2D eigenvalue weighted by Gasteiger charge is -2.26. The minimum absolute atomic E-state index is 0.0964. The first-order valence-corrected chi connectivity index (χ1v) is 4.97. The van der Waals surface area contributed by atoms with E-state index in [4.69, 9.17) is 0 Å². The summed E-state index contributed by atoms with van der Waals surface area (Å²) in [4.78, 5) is 11.4. The predicted molar refractivity (Wildman–Crippen MR) is 56.2 cm³/mol. The molecule has 0 aromatic heterocycles. The molecule has 2 amide bonds. The van der Waals surface area contributed by atoms with Gasteiger partial charge in [-0.1, -0.05) is 18.2 Å². The van der Waals surface area contributed by atoms with Crippen LogP contribution in [0.2, 0.25) is 0 Å². The number of rotatable bonds is 2. The molecule has 0 heterocycles. The summed E-state index contributed by atoms with van der Waals surface area (Å²) in [6.07, 6.45) is 3.46. The molecule has 0 radical (unpaired) electrons. The van der Waals surface area contributed by atoms with Crippen LogP contribution in [-0.4, -0.2) is 12.1 Å². The lowest BCUT2D eigenvalue weighted by Crippen LogP contribution is -2.41. The molecule has 14 heavy (non-hydrogen) atoms. The standard InChI is InChI=1S/C11H14N2O/c14-11(13-10-7-4-8-10)12-9-5-2-1-3-6-9/h1-3,5-6,10H,4,7-8H2,(H2,12,13,14). The van der Waals surface area contributed by atoms with Crippen molar-refractivity contribution < 1.29 is 4.79 Å². The van der Waals surface area contributed by atoms with Crippen molar-refractivity contribution in [3.63, 3.8) is 0 Å². The third-order valence-corrected chi connectivity index (χ3v) is 2.47.